The Morgan fingerprint density at radius 1 is 1.24 bits per heavy atom. The Morgan fingerprint density at radius 3 is 2.95 bits per heavy atom. The van der Waals surface area contributed by atoms with Crippen molar-refractivity contribution in [2.24, 2.45) is 0 Å². The van der Waals surface area contributed by atoms with E-state index in [9.17, 15) is 0 Å². The van der Waals surface area contributed by atoms with Crippen LogP contribution in [0.4, 0.5) is 0 Å². The lowest BCUT2D eigenvalue weighted by molar-refractivity contribution is 0.360. The van der Waals surface area contributed by atoms with Crippen LogP contribution < -0.4 is 5.32 Å². The molecule has 1 unspecified atom stereocenters. The number of piperidine rings is 1. The predicted octanol–water partition coefficient (Wildman–Crippen LogP) is 2.97. The van der Waals surface area contributed by atoms with Crippen molar-refractivity contribution in [2.45, 2.75) is 37.6 Å². The fourth-order valence-corrected chi connectivity index (χ4v) is 4.71. The molecule has 0 saturated carbocycles. The number of aromatic nitrogens is 3. The maximum Gasteiger partial charge on any atom is 0.160 e. The van der Waals surface area contributed by atoms with E-state index in [0.29, 0.717) is 12.0 Å². The van der Waals surface area contributed by atoms with Gasteiger partial charge in [0.2, 0.25) is 0 Å². The van der Waals surface area contributed by atoms with Gasteiger partial charge in [0.25, 0.3) is 0 Å². The average molecular weight is 302 g/mol. The van der Waals surface area contributed by atoms with Crippen molar-refractivity contribution in [3.8, 4) is 0 Å². The van der Waals surface area contributed by atoms with Crippen molar-refractivity contribution in [1.82, 2.24) is 19.9 Å². The van der Waals surface area contributed by atoms with E-state index in [2.05, 4.69) is 32.7 Å². The average Bonchev–Trinajstić information content (AvgIpc) is 2.96. The second kappa shape index (κ2) is 5.97. The second-order valence-electron chi connectivity index (χ2n) is 6.07. The third kappa shape index (κ3) is 2.57. The zero-order valence-corrected chi connectivity index (χ0v) is 13.1. The van der Waals surface area contributed by atoms with Gasteiger partial charge in [-0.3, -0.25) is 0 Å². The Balaban J connectivity index is 1.79. The van der Waals surface area contributed by atoms with E-state index < -0.39 is 0 Å². The van der Waals surface area contributed by atoms with Crippen molar-refractivity contribution >= 4 is 22.9 Å². The highest BCUT2D eigenvalue weighted by Gasteiger charge is 2.27. The summed E-state index contributed by atoms with van der Waals surface area (Å²) >= 11 is 2.08. The topological polar surface area (TPSA) is 42.7 Å². The van der Waals surface area contributed by atoms with Crippen molar-refractivity contribution in [3.05, 3.63) is 24.2 Å². The van der Waals surface area contributed by atoms with Gasteiger partial charge in [0, 0.05) is 24.7 Å². The Bertz CT molecular complexity index is 612. The summed E-state index contributed by atoms with van der Waals surface area (Å²) in [6.07, 6.45) is 6.90. The van der Waals surface area contributed by atoms with Crippen LogP contribution in [-0.4, -0.2) is 39.1 Å². The van der Waals surface area contributed by atoms with Crippen LogP contribution in [-0.2, 0) is 0 Å². The van der Waals surface area contributed by atoms with Crippen molar-refractivity contribution in [1.29, 1.82) is 0 Å². The van der Waals surface area contributed by atoms with Gasteiger partial charge in [0.15, 0.2) is 5.65 Å². The number of hydrogen-bond donors (Lipinski definition) is 1. The molecule has 112 valence electrons. The van der Waals surface area contributed by atoms with Gasteiger partial charge in [-0.15, -0.1) is 0 Å². The Labute approximate surface area is 129 Å². The molecule has 2 aliphatic heterocycles. The highest BCUT2D eigenvalue weighted by molar-refractivity contribution is 7.99. The largest absolute Gasteiger partial charge is 0.315 e. The zero-order valence-electron chi connectivity index (χ0n) is 12.3. The van der Waals surface area contributed by atoms with Crippen LogP contribution in [0.15, 0.2) is 18.3 Å². The summed E-state index contributed by atoms with van der Waals surface area (Å²) in [6, 6.07) is 4.62. The highest BCUT2D eigenvalue weighted by atomic mass is 32.2. The molecule has 4 heterocycles. The van der Waals surface area contributed by atoms with E-state index in [1.807, 2.05) is 12.3 Å². The summed E-state index contributed by atoms with van der Waals surface area (Å²) in [5.74, 6) is 4.44. The number of rotatable bonds is 2. The Morgan fingerprint density at radius 2 is 2.14 bits per heavy atom. The summed E-state index contributed by atoms with van der Waals surface area (Å²) in [4.78, 5) is 9.61. The first-order valence-corrected chi connectivity index (χ1v) is 9.20. The van der Waals surface area contributed by atoms with E-state index in [0.717, 1.165) is 24.3 Å². The molecule has 2 aliphatic rings. The summed E-state index contributed by atoms with van der Waals surface area (Å²) in [5.41, 5.74) is 2.15. The standard InChI is InChI=1S/C16H22N4S/c1-3-13(11-17-7-1)20-15(12-5-9-21-10-6-12)19-14-4-2-8-18-16(14)20/h2,4,8,12-13,17H,1,3,5-7,9-11H2. The minimum atomic E-state index is 0.517. The first-order valence-electron chi connectivity index (χ1n) is 8.05. The molecule has 2 fully saturated rings. The van der Waals surface area contributed by atoms with Gasteiger partial charge in [-0.05, 0) is 55.9 Å². The number of fused-ring (bicyclic) bond motifs is 1. The van der Waals surface area contributed by atoms with Crippen molar-refractivity contribution in [3.63, 3.8) is 0 Å². The molecule has 2 aromatic rings. The molecule has 1 N–H and O–H groups in total. The van der Waals surface area contributed by atoms with Crippen LogP contribution in [0, 0.1) is 0 Å². The minimum absolute atomic E-state index is 0.517. The van der Waals surface area contributed by atoms with Gasteiger partial charge in [-0.1, -0.05) is 0 Å². The minimum Gasteiger partial charge on any atom is -0.315 e. The van der Waals surface area contributed by atoms with E-state index in [4.69, 9.17) is 4.98 Å². The Hall–Kier alpha value is -1.07. The Kier molecular flexibility index (Phi) is 3.86. The summed E-state index contributed by atoms with van der Waals surface area (Å²) in [6.45, 7) is 2.20. The second-order valence-corrected chi connectivity index (χ2v) is 7.30. The molecule has 0 aromatic carbocycles. The van der Waals surface area contributed by atoms with E-state index in [1.54, 1.807) is 0 Å². The molecular formula is C16H22N4S. The molecule has 21 heavy (non-hydrogen) atoms. The number of hydrogen-bond acceptors (Lipinski definition) is 4. The number of pyridine rings is 1. The van der Waals surface area contributed by atoms with Gasteiger partial charge < -0.3 is 9.88 Å². The molecule has 1 atom stereocenters. The van der Waals surface area contributed by atoms with Crippen molar-refractivity contribution in [2.75, 3.05) is 24.6 Å². The molecule has 0 radical (unpaired) electrons. The molecule has 0 amide bonds. The molecule has 5 heteroatoms. The van der Waals surface area contributed by atoms with Gasteiger partial charge in [0.05, 0.1) is 0 Å². The van der Waals surface area contributed by atoms with Gasteiger partial charge in [-0.25, -0.2) is 9.97 Å². The highest BCUT2D eigenvalue weighted by Crippen LogP contribution is 2.35. The van der Waals surface area contributed by atoms with E-state index in [1.165, 1.54) is 43.0 Å². The summed E-state index contributed by atoms with van der Waals surface area (Å²) in [5, 5.41) is 3.54. The lowest BCUT2D eigenvalue weighted by atomic mass is 10.0. The smallest absolute Gasteiger partial charge is 0.160 e. The molecule has 0 aliphatic carbocycles. The number of imidazole rings is 1. The fourth-order valence-electron chi connectivity index (χ4n) is 3.60. The molecule has 4 nitrogen and oxygen atoms in total. The molecule has 0 spiro atoms. The maximum absolute atomic E-state index is 4.97. The van der Waals surface area contributed by atoms with Crippen LogP contribution in [0.5, 0.6) is 0 Å². The summed E-state index contributed by atoms with van der Waals surface area (Å²) in [7, 11) is 0. The maximum atomic E-state index is 4.97. The van der Waals surface area contributed by atoms with Crippen LogP contribution in [0.1, 0.15) is 43.5 Å². The van der Waals surface area contributed by atoms with Gasteiger partial charge >= 0.3 is 0 Å². The lowest BCUT2D eigenvalue weighted by Gasteiger charge is -2.29. The lowest BCUT2D eigenvalue weighted by Crippen LogP contribution is -2.33. The van der Waals surface area contributed by atoms with Crippen LogP contribution in [0.2, 0.25) is 0 Å². The van der Waals surface area contributed by atoms with Crippen LogP contribution in [0.3, 0.4) is 0 Å². The third-order valence-corrected chi connectivity index (χ3v) is 5.75. The zero-order chi connectivity index (χ0) is 14.1. The predicted molar refractivity (Wildman–Crippen MR) is 88.0 cm³/mol. The van der Waals surface area contributed by atoms with Crippen LogP contribution >= 0.6 is 11.8 Å². The third-order valence-electron chi connectivity index (χ3n) is 4.70. The van der Waals surface area contributed by atoms with Gasteiger partial charge in [-0.2, -0.15) is 11.8 Å². The number of nitrogens with one attached hydrogen (secondary N) is 1. The van der Waals surface area contributed by atoms with E-state index in [-0.39, 0.29) is 0 Å². The quantitative estimate of drug-likeness (QED) is 0.926. The summed E-state index contributed by atoms with van der Waals surface area (Å²) < 4.78 is 2.46. The first-order chi connectivity index (χ1) is 10.4. The van der Waals surface area contributed by atoms with Crippen LogP contribution in [0.25, 0.3) is 11.2 Å². The van der Waals surface area contributed by atoms with Crippen molar-refractivity contribution < 1.29 is 0 Å². The SMILES string of the molecule is c1cnc2c(c1)nc(C1CCSCC1)n2C1CCCNC1. The normalized spacial score (nSPS) is 24.5. The molecule has 2 saturated heterocycles. The molecule has 4 rings (SSSR count). The monoisotopic (exact) mass is 302 g/mol. The first kappa shape index (κ1) is 13.6. The molecule has 0 bridgehead atoms. The van der Waals surface area contributed by atoms with E-state index >= 15 is 0 Å². The number of thioether (sulfide) groups is 1. The van der Waals surface area contributed by atoms with Gasteiger partial charge in [0.1, 0.15) is 11.3 Å². The molecule has 2 aromatic heterocycles. The molecular weight excluding hydrogens is 280 g/mol. The fraction of sp³-hybridized carbons (Fsp3) is 0.625. The number of nitrogens with zero attached hydrogens (tertiary/aromatic N) is 3.